The number of nitrogens with one attached hydrogen (secondary N) is 3. The zero-order valence-corrected chi connectivity index (χ0v) is 27.8. The van der Waals surface area contributed by atoms with Gasteiger partial charge in [-0.3, -0.25) is 4.79 Å². The first kappa shape index (κ1) is 34.6. The fourth-order valence-corrected chi connectivity index (χ4v) is 6.56. The van der Waals surface area contributed by atoms with Crippen molar-refractivity contribution in [2.75, 3.05) is 6.54 Å². The molecule has 11 heteroatoms. The normalized spacial score (nSPS) is 14.2. The summed E-state index contributed by atoms with van der Waals surface area (Å²) in [5.41, 5.74) is 3.01. The van der Waals surface area contributed by atoms with Crippen molar-refractivity contribution >= 4 is 44.0 Å². The van der Waals surface area contributed by atoms with Gasteiger partial charge in [0, 0.05) is 17.3 Å². The van der Waals surface area contributed by atoms with Gasteiger partial charge in [0.25, 0.3) is 0 Å². The van der Waals surface area contributed by atoms with Crippen LogP contribution in [0.2, 0.25) is 0 Å². The average Bonchev–Trinajstić information content (AvgIpc) is 3.49. The number of sulfonamides is 1. The number of aliphatic hydroxyl groups is 1. The number of aliphatic hydroxyl groups excluding tert-OH is 1. The largest absolute Gasteiger partial charge is 0.456 e. The van der Waals surface area contributed by atoms with Crippen LogP contribution in [0, 0.1) is 5.92 Å². The Kier molecular flexibility index (Phi) is 11.5. The van der Waals surface area contributed by atoms with Crippen molar-refractivity contribution in [2.24, 2.45) is 5.92 Å². The number of carbonyl (C=O) groups excluding carboxylic acids is 2. The van der Waals surface area contributed by atoms with Crippen LogP contribution >= 0.6 is 0 Å². The maximum absolute atomic E-state index is 13.7. The number of fused-ring (bicyclic) bond motifs is 3. The van der Waals surface area contributed by atoms with Crippen molar-refractivity contribution in [2.45, 2.75) is 62.8 Å². The number of furan rings is 1. The minimum absolute atomic E-state index is 0.0219. The van der Waals surface area contributed by atoms with E-state index in [0.29, 0.717) is 35.8 Å². The molecule has 0 bridgehead atoms. The third-order valence-electron chi connectivity index (χ3n) is 8.50. The first-order valence-corrected chi connectivity index (χ1v) is 17.5. The molecule has 0 radical (unpaired) electrons. The second-order valence-corrected chi connectivity index (χ2v) is 13.7. The average molecular weight is 672 g/mol. The molecule has 1 heterocycles. The fourth-order valence-electron chi connectivity index (χ4n) is 5.49. The van der Waals surface area contributed by atoms with Crippen LogP contribution in [0.4, 0.5) is 4.79 Å². The van der Waals surface area contributed by atoms with Crippen molar-refractivity contribution in [3.05, 3.63) is 114 Å². The summed E-state index contributed by atoms with van der Waals surface area (Å²) in [4.78, 5) is 26.4. The quantitative estimate of drug-likeness (QED) is 0.112. The van der Waals surface area contributed by atoms with Crippen molar-refractivity contribution < 1.29 is 32.3 Å². The van der Waals surface area contributed by atoms with Gasteiger partial charge in [-0.15, -0.1) is 0 Å². The standard InChI is InChI=1S/C37H41N3O7S/c1-3-25(2)35(40-37(43)46-24-27-14-8-5-9-15-27)36(42)39-31(20-18-26-12-6-4-7-13-26)32(41)23-38-48(44,45)28-19-21-34-30(22-28)29-16-10-11-17-33(29)47-34/h4-17,19,21-22,25,31-32,35,38,41H,3,18,20,23-24H2,1-2H3,(H,39,42)(H,40,43)/t25?,31-,32?,35-/m0/s1. The van der Waals surface area contributed by atoms with Crippen LogP contribution in [0.1, 0.15) is 37.8 Å². The van der Waals surface area contributed by atoms with E-state index >= 15 is 0 Å². The lowest BCUT2D eigenvalue weighted by atomic mass is 9.96. The number of para-hydroxylation sites is 1. The second-order valence-electron chi connectivity index (χ2n) is 11.9. The summed E-state index contributed by atoms with van der Waals surface area (Å²) in [6.45, 7) is 3.43. The predicted octanol–water partition coefficient (Wildman–Crippen LogP) is 5.68. The van der Waals surface area contributed by atoms with E-state index in [-0.39, 0.29) is 24.0 Å². The van der Waals surface area contributed by atoms with Gasteiger partial charge in [0.05, 0.1) is 17.0 Å². The molecule has 48 heavy (non-hydrogen) atoms. The van der Waals surface area contributed by atoms with Crippen LogP contribution in [0.5, 0.6) is 0 Å². The molecule has 2 amide bonds. The summed E-state index contributed by atoms with van der Waals surface area (Å²) < 4.78 is 40.5. The van der Waals surface area contributed by atoms with Crippen LogP contribution in [0.25, 0.3) is 21.9 Å². The zero-order chi connectivity index (χ0) is 34.1. The Hall–Kier alpha value is -4.71. The lowest BCUT2D eigenvalue weighted by Gasteiger charge is -2.29. The lowest BCUT2D eigenvalue weighted by Crippen LogP contribution is -2.56. The minimum atomic E-state index is -4.04. The van der Waals surface area contributed by atoms with Gasteiger partial charge in [0.1, 0.15) is 23.8 Å². The molecule has 0 aliphatic carbocycles. The monoisotopic (exact) mass is 671 g/mol. The van der Waals surface area contributed by atoms with Crippen LogP contribution in [0.3, 0.4) is 0 Å². The summed E-state index contributed by atoms with van der Waals surface area (Å²) in [5.74, 6) is -0.758. The molecule has 0 fully saturated rings. The van der Waals surface area contributed by atoms with Gasteiger partial charge in [-0.2, -0.15) is 0 Å². The number of ether oxygens (including phenoxy) is 1. The highest BCUT2D eigenvalue weighted by Crippen LogP contribution is 2.30. The van der Waals surface area contributed by atoms with E-state index in [0.717, 1.165) is 16.5 Å². The number of rotatable bonds is 15. The van der Waals surface area contributed by atoms with E-state index in [1.54, 1.807) is 12.1 Å². The molecular formula is C37H41N3O7S. The third kappa shape index (κ3) is 8.80. The summed E-state index contributed by atoms with van der Waals surface area (Å²) in [6, 6.07) is 29.0. The van der Waals surface area contributed by atoms with Gasteiger partial charge in [0.15, 0.2) is 0 Å². The molecule has 0 saturated carbocycles. The molecule has 4 atom stereocenters. The summed E-state index contributed by atoms with van der Waals surface area (Å²) in [5, 5.41) is 18.4. The molecule has 4 N–H and O–H groups in total. The maximum atomic E-state index is 13.7. The summed E-state index contributed by atoms with van der Waals surface area (Å²) in [6.07, 6.45) is -0.605. The van der Waals surface area contributed by atoms with Crippen molar-refractivity contribution in [3.63, 3.8) is 0 Å². The first-order chi connectivity index (χ1) is 23.1. The molecule has 0 saturated heterocycles. The van der Waals surface area contributed by atoms with Crippen LogP contribution in [-0.2, 0) is 32.6 Å². The van der Waals surface area contributed by atoms with Gasteiger partial charge in [0.2, 0.25) is 15.9 Å². The SMILES string of the molecule is CCC(C)[C@H](NC(=O)OCc1ccccc1)C(=O)N[C@@H](CCc1ccccc1)C(O)CNS(=O)(=O)c1ccc2oc3ccccc3c2c1. The van der Waals surface area contributed by atoms with Crippen molar-refractivity contribution in [1.29, 1.82) is 0 Å². The maximum Gasteiger partial charge on any atom is 0.408 e. The van der Waals surface area contributed by atoms with Crippen molar-refractivity contribution in [3.8, 4) is 0 Å². The van der Waals surface area contributed by atoms with Crippen LogP contribution < -0.4 is 15.4 Å². The number of amides is 2. The molecule has 5 rings (SSSR count). The number of carbonyl (C=O) groups is 2. The second kappa shape index (κ2) is 15.9. The molecule has 10 nitrogen and oxygen atoms in total. The predicted molar refractivity (Wildman–Crippen MR) is 185 cm³/mol. The van der Waals surface area contributed by atoms with E-state index in [4.69, 9.17) is 9.15 Å². The topological polar surface area (TPSA) is 147 Å². The highest BCUT2D eigenvalue weighted by atomic mass is 32.2. The van der Waals surface area contributed by atoms with Gasteiger partial charge in [-0.05, 0) is 54.2 Å². The van der Waals surface area contributed by atoms with Gasteiger partial charge in [-0.1, -0.05) is 99.1 Å². The van der Waals surface area contributed by atoms with E-state index in [2.05, 4.69) is 15.4 Å². The highest BCUT2D eigenvalue weighted by Gasteiger charge is 2.31. The smallest absolute Gasteiger partial charge is 0.408 e. The van der Waals surface area contributed by atoms with Crippen LogP contribution in [0.15, 0.2) is 112 Å². The number of aryl methyl sites for hydroxylation is 1. The number of benzene rings is 4. The Morgan fingerprint density at radius 3 is 2.19 bits per heavy atom. The summed E-state index contributed by atoms with van der Waals surface area (Å²) >= 11 is 0. The molecule has 1 aromatic heterocycles. The fraction of sp³-hybridized carbons (Fsp3) is 0.297. The van der Waals surface area contributed by atoms with E-state index in [9.17, 15) is 23.1 Å². The summed E-state index contributed by atoms with van der Waals surface area (Å²) in [7, 11) is -4.04. The van der Waals surface area contributed by atoms with Crippen molar-refractivity contribution in [1.82, 2.24) is 15.4 Å². The molecular weight excluding hydrogens is 630 g/mol. The molecule has 0 spiro atoms. The number of alkyl carbamates (subject to hydrolysis) is 1. The lowest BCUT2D eigenvalue weighted by molar-refractivity contribution is -0.125. The Labute approximate surface area is 280 Å². The van der Waals surface area contributed by atoms with E-state index in [1.807, 2.05) is 98.8 Å². The molecule has 5 aromatic rings. The Bertz CT molecular complexity index is 1930. The van der Waals surface area contributed by atoms with Crippen LogP contribution in [-0.4, -0.2) is 50.3 Å². The molecule has 2 unspecified atom stereocenters. The molecule has 4 aromatic carbocycles. The zero-order valence-electron chi connectivity index (χ0n) is 27.0. The first-order valence-electron chi connectivity index (χ1n) is 16.0. The molecule has 0 aliphatic rings. The number of hydrogen-bond acceptors (Lipinski definition) is 7. The van der Waals surface area contributed by atoms with Gasteiger partial charge in [-0.25, -0.2) is 17.9 Å². The Morgan fingerprint density at radius 2 is 1.48 bits per heavy atom. The third-order valence-corrected chi connectivity index (χ3v) is 9.92. The highest BCUT2D eigenvalue weighted by molar-refractivity contribution is 7.89. The van der Waals surface area contributed by atoms with Gasteiger partial charge >= 0.3 is 6.09 Å². The Morgan fingerprint density at radius 1 is 0.833 bits per heavy atom. The minimum Gasteiger partial charge on any atom is -0.456 e. The van der Waals surface area contributed by atoms with E-state index < -0.39 is 40.2 Å². The van der Waals surface area contributed by atoms with Gasteiger partial charge < -0.3 is 24.9 Å². The Balaban J connectivity index is 1.28. The van der Waals surface area contributed by atoms with E-state index in [1.165, 1.54) is 6.07 Å². The molecule has 252 valence electrons. The molecule has 0 aliphatic heterocycles. The number of hydrogen-bond donors (Lipinski definition) is 4.